The molecule has 23 heavy (non-hydrogen) atoms. The maximum atomic E-state index is 11.9. The highest BCUT2D eigenvalue weighted by molar-refractivity contribution is 6.17. The highest BCUT2D eigenvalue weighted by Crippen LogP contribution is 2.27. The van der Waals surface area contributed by atoms with E-state index in [1.807, 2.05) is 20.8 Å². The van der Waals surface area contributed by atoms with Gasteiger partial charge in [0.05, 0.1) is 24.6 Å². The molecule has 2 heterocycles. The van der Waals surface area contributed by atoms with E-state index in [-0.39, 0.29) is 23.5 Å². The molecule has 1 aliphatic heterocycles. The normalized spacial score (nSPS) is 15.1. The van der Waals surface area contributed by atoms with Gasteiger partial charge in [0.2, 0.25) is 0 Å². The van der Waals surface area contributed by atoms with Crippen molar-refractivity contribution in [3.05, 3.63) is 23.3 Å². The predicted molar refractivity (Wildman–Crippen MR) is 83.5 cm³/mol. The van der Waals surface area contributed by atoms with Crippen molar-refractivity contribution in [2.24, 2.45) is 0 Å². The molecule has 0 aromatic carbocycles. The second kappa shape index (κ2) is 6.70. The lowest BCUT2D eigenvalue weighted by Crippen LogP contribution is -2.50. The van der Waals surface area contributed by atoms with Crippen LogP contribution in [0.25, 0.3) is 0 Å². The van der Waals surface area contributed by atoms with E-state index in [1.165, 1.54) is 13.3 Å². The Morgan fingerprint density at radius 3 is 2.57 bits per heavy atom. The summed E-state index contributed by atoms with van der Waals surface area (Å²) in [5, 5.41) is 0. The number of halogens is 1. The number of hydrogen-bond acceptors (Lipinski definition) is 6. The smallest absolute Gasteiger partial charge is 0.410 e. The van der Waals surface area contributed by atoms with Crippen molar-refractivity contribution in [1.82, 2.24) is 14.9 Å². The number of nitrogens with zero attached hydrogens (tertiary/aromatic N) is 3. The minimum Gasteiger partial charge on any atom is -0.465 e. The van der Waals surface area contributed by atoms with Gasteiger partial charge in [0.15, 0.2) is 0 Å². The second-order valence-electron chi connectivity index (χ2n) is 6.30. The third-order valence-corrected chi connectivity index (χ3v) is 3.57. The molecule has 0 N–H and O–H groups in total. The zero-order valence-electron chi connectivity index (χ0n) is 13.6. The van der Waals surface area contributed by atoms with Gasteiger partial charge < -0.3 is 14.4 Å². The molecule has 1 aromatic heterocycles. The molecule has 126 valence electrons. The molecule has 1 fully saturated rings. The Morgan fingerprint density at radius 2 is 2.04 bits per heavy atom. The minimum absolute atomic E-state index is 0.0104. The largest absolute Gasteiger partial charge is 0.465 e. The van der Waals surface area contributed by atoms with Crippen molar-refractivity contribution in [3.8, 4) is 0 Å². The zero-order valence-corrected chi connectivity index (χ0v) is 14.4. The molecule has 0 atom stereocenters. The number of carbonyl (C=O) groups excluding carboxylic acids is 2. The van der Waals surface area contributed by atoms with E-state index < -0.39 is 11.6 Å². The number of esters is 1. The van der Waals surface area contributed by atoms with Crippen molar-refractivity contribution in [2.75, 3.05) is 20.2 Å². The van der Waals surface area contributed by atoms with E-state index in [9.17, 15) is 9.59 Å². The van der Waals surface area contributed by atoms with Crippen molar-refractivity contribution < 1.29 is 19.1 Å². The number of likely N-dealkylation sites (tertiary alicyclic amines) is 1. The Hall–Kier alpha value is -1.89. The van der Waals surface area contributed by atoms with Crippen LogP contribution in [0.1, 0.15) is 48.6 Å². The number of ether oxygens (including phenoxy) is 2. The summed E-state index contributed by atoms with van der Waals surface area (Å²) in [6, 6.07) is 0. The fourth-order valence-corrected chi connectivity index (χ4v) is 2.33. The Kier molecular flexibility index (Phi) is 5.09. The van der Waals surface area contributed by atoms with E-state index >= 15 is 0 Å². The first-order chi connectivity index (χ1) is 10.7. The van der Waals surface area contributed by atoms with E-state index in [0.29, 0.717) is 24.6 Å². The van der Waals surface area contributed by atoms with Gasteiger partial charge in [-0.15, -0.1) is 11.6 Å². The van der Waals surface area contributed by atoms with Crippen LogP contribution < -0.4 is 0 Å². The minimum atomic E-state index is -0.521. The number of amides is 1. The number of hydrogen-bond donors (Lipinski definition) is 0. The molecule has 2 rings (SSSR count). The third kappa shape index (κ3) is 4.10. The van der Waals surface area contributed by atoms with E-state index in [2.05, 4.69) is 14.7 Å². The zero-order chi connectivity index (χ0) is 17.2. The molecule has 0 saturated carbocycles. The number of alkyl halides is 1. The van der Waals surface area contributed by atoms with Crippen LogP contribution in [0.15, 0.2) is 6.20 Å². The van der Waals surface area contributed by atoms with Gasteiger partial charge in [-0.25, -0.2) is 19.6 Å². The summed E-state index contributed by atoms with van der Waals surface area (Å²) in [7, 11) is 1.29. The summed E-state index contributed by atoms with van der Waals surface area (Å²) >= 11 is 5.84. The third-order valence-electron chi connectivity index (χ3n) is 3.32. The van der Waals surface area contributed by atoms with Crippen LogP contribution in [0.4, 0.5) is 4.79 Å². The molecule has 0 aliphatic carbocycles. The molecule has 1 aromatic rings. The highest BCUT2D eigenvalue weighted by Gasteiger charge is 2.36. The second-order valence-corrected chi connectivity index (χ2v) is 6.56. The highest BCUT2D eigenvalue weighted by atomic mass is 35.5. The summed E-state index contributed by atoms with van der Waals surface area (Å²) in [5.41, 5.74) is 0.168. The van der Waals surface area contributed by atoms with Gasteiger partial charge >= 0.3 is 12.1 Å². The monoisotopic (exact) mass is 341 g/mol. The van der Waals surface area contributed by atoms with Crippen LogP contribution in [0, 0.1) is 0 Å². The lowest BCUT2D eigenvalue weighted by Gasteiger charge is -2.38. The molecule has 1 amide bonds. The van der Waals surface area contributed by atoms with Crippen molar-refractivity contribution in [2.45, 2.75) is 38.2 Å². The van der Waals surface area contributed by atoms with Gasteiger partial charge in [0.25, 0.3) is 0 Å². The van der Waals surface area contributed by atoms with Crippen LogP contribution in [0.5, 0.6) is 0 Å². The van der Waals surface area contributed by atoms with Gasteiger partial charge in [-0.05, 0) is 20.8 Å². The van der Waals surface area contributed by atoms with Crippen LogP contribution in [0.3, 0.4) is 0 Å². The summed E-state index contributed by atoms with van der Waals surface area (Å²) in [6.45, 7) is 6.43. The fourth-order valence-electron chi connectivity index (χ4n) is 2.13. The van der Waals surface area contributed by atoms with Crippen LogP contribution in [0.2, 0.25) is 0 Å². The van der Waals surface area contributed by atoms with Gasteiger partial charge in [-0.1, -0.05) is 0 Å². The number of methoxy groups -OCH3 is 1. The Balaban J connectivity index is 2.03. The summed E-state index contributed by atoms with van der Waals surface area (Å²) in [6.07, 6.45) is 1.07. The summed E-state index contributed by atoms with van der Waals surface area (Å²) in [4.78, 5) is 33.6. The topological polar surface area (TPSA) is 81.6 Å². The average molecular weight is 342 g/mol. The quantitative estimate of drug-likeness (QED) is 0.620. The molecule has 1 saturated heterocycles. The fraction of sp³-hybridized carbons (Fsp3) is 0.600. The molecule has 8 heteroatoms. The summed E-state index contributed by atoms with van der Waals surface area (Å²) < 4.78 is 9.97. The lowest BCUT2D eigenvalue weighted by molar-refractivity contribution is 0.00751. The lowest BCUT2D eigenvalue weighted by atomic mass is 9.99. The van der Waals surface area contributed by atoms with Crippen LogP contribution >= 0.6 is 11.6 Å². The molecule has 0 radical (unpaired) electrons. The first-order valence-corrected chi connectivity index (χ1v) is 7.76. The standard InChI is InChI=1S/C15H20ClN3O4/c1-15(2,3)23-14(21)19-7-9(8-19)12-17-6-10(13(20)22-4)11(5-16)18-12/h6,9H,5,7-8H2,1-4H3. The predicted octanol–water partition coefficient (Wildman–Crippen LogP) is 2.34. The van der Waals surface area contributed by atoms with Gasteiger partial charge in [-0.2, -0.15) is 0 Å². The molecule has 7 nitrogen and oxygen atoms in total. The molecular weight excluding hydrogens is 322 g/mol. The molecule has 1 aliphatic rings. The van der Waals surface area contributed by atoms with E-state index in [0.717, 1.165) is 0 Å². The molecule has 0 unspecified atom stereocenters. The van der Waals surface area contributed by atoms with E-state index in [4.69, 9.17) is 16.3 Å². The van der Waals surface area contributed by atoms with Crippen molar-refractivity contribution in [3.63, 3.8) is 0 Å². The maximum absolute atomic E-state index is 11.9. The number of aromatic nitrogens is 2. The molecule has 0 spiro atoms. The molecular formula is C15H20ClN3O4. The van der Waals surface area contributed by atoms with Crippen molar-refractivity contribution >= 4 is 23.7 Å². The van der Waals surface area contributed by atoms with E-state index in [1.54, 1.807) is 4.90 Å². The van der Waals surface area contributed by atoms with Gasteiger partial charge in [0.1, 0.15) is 17.0 Å². The number of rotatable bonds is 3. The first kappa shape index (κ1) is 17.5. The Labute approximate surface area is 139 Å². The maximum Gasteiger partial charge on any atom is 0.410 e. The SMILES string of the molecule is COC(=O)c1cnc(C2CN(C(=O)OC(C)(C)C)C2)nc1CCl. The first-order valence-electron chi connectivity index (χ1n) is 7.23. The average Bonchev–Trinajstić information content (AvgIpc) is 2.42. The van der Waals surface area contributed by atoms with Crippen LogP contribution in [-0.4, -0.2) is 52.7 Å². The van der Waals surface area contributed by atoms with Gasteiger partial charge in [-0.3, -0.25) is 0 Å². The van der Waals surface area contributed by atoms with Crippen LogP contribution in [-0.2, 0) is 15.4 Å². The van der Waals surface area contributed by atoms with Crippen molar-refractivity contribution in [1.29, 1.82) is 0 Å². The Bertz CT molecular complexity index is 609. The Morgan fingerprint density at radius 1 is 1.39 bits per heavy atom. The number of carbonyl (C=O) groups is 2. The summed E-state index contributed by atoms with van der Waals surface area (Å²) in [5.74, 6) is 0.142. The molecule has 0 bridgehead atoms. The van der Waals surface area contributed by atoms with Gasteiger partial charge in [0, 0.05) is 19.3 Å².